The monoisotopic (exact) mass is 424 g/mol. The second-order valence-corrected chi connectivity index (χ2v) is 7.51. The van der Waals surface area contributed by atoms with Crippen LogP contribution >= 0.6 is 0 Å². The Balaban J connectivity index is 2.78. The minimum Gasteiger partial charge on any atom is -0.493 e. The molecule has 0 atom stereocenters. The second kappa shape index (κ2) is 12.0. The number of anilines is 1. The van der Waals surface area contributed by atoms with Gasteiger partial charge in [0.15, 0.2) is 17.5 Å². The van der Waals surface area contributed by atoms with Gasteiger partial charge in [-0.3, -0.25) is 4.99 Å². The molecule has 2 N–H and O–H groups in total. The van der Waals surface area contributed by atoms with Crippen molar-refractivity contribution in [3.63, 3.8) is 0 Å². The predicted molar refractivity (Wildman–Crippen MR) is 119 cm³/mol. The predicted octanol–water partition coefficient (Wildman–Crippen LogP) is 3.35. The number of benzene rings is 1. The van der Waals surface area contributed by atoms with Gasteiger partial charge < -0.3 is 34.5 Å². The van der Waals surface area contributed by atoms with Gasteiger partial charge in [-0.25, -0.2) is 4.79 Å². The summed E-state index contributed by atoms with van der Waals surface area (Å²) in [5, 5.41) is 6.40. The van der Waals surface area contributed by atoms with Gasteiger partial charge in [0.05, 0.1) is 21.3 Å². The number of nitrogens with zero attached hydrogens (tertiary/aromatic N) is 2. The van der Waals surface area contributed by atoms with Gasteiger partial charge in [-0.15, -0.1) is 0 Å². The zero-order valence-corrected chi connectivity index (χ0v) is 19.4. The number of aliphatic imine (C=N–C) groups is 1. The summed E-state index contributed by atoms with van der Waals surface area (Å²) in [5.41, 5.74) is 0.191. The average molecular weight is 425 g/mol. The van der Waals surface area contributed by atoms with Crippen LogP contribution < -0.4 is 24.8 Å². The zero-order valence-electron chi connectivity index (χ0n) is 19.4. The smallest absolute Gasteiger partial charge is 0.410 e. The van der Waals surface area contributed by atoms with E-state index in [9.17, 15) is 4.79 Å². The fourth-order valence-electron chi connectivity index (χ4n) is 2.67. The minimum atomic E-state index is -0.527. The lowest BCUT2D eigenvalue weighted by Gasteiger charge is -2.27. The molecule has 0 saturated heterocycles. The molecule has 0 radical (unpaired) electrons. The van der Waals surface area contributed by atoms with E-state index in [0.29, 0.717) is 42.8 Å². The van der Waals surface area contributed by atoms with E-state index in [2.05, 4.69) is 15.6 Å². The molecule has 0 heterocycles. The molecule has 0 aliphatic carbocycles. The van der Waals surface area contributed by atoms with Crippen LogP contribution in [0.1, 0.15) is 34.1 Å². The van der Waals surface area contributed by atoms with Crippen molar-refractivity contribution in [1.29, 1.82) is 0 Å². The van der Waals surface area contributed by atoms with Crippen LogP contribution in [-0.4, -0.2) is 70.6 Å². The summed E-state index contributed by atoms with van der Waals surface area (Å²) in [6.07, 6.45) is 0.524. The van der Waals surface area contributed by atoms with Crippen LogP contribution in [0.5, 0.6) is 17.2 Å². The van der Waals surface area contributed by atoms with Crippen molar-refractivity contribution in [1.82, 2.24) is 10.2 Å². The van der Waals surface area contributed by atoms with Gasteiger partial charge >= 0.3 is 6.09 Å². The Kier molecular flexibility index (Phi) is 10.1. The molecule has 0 bridgehead atoms. The molecule has 0 unspecified atom stereocenters. The van der Waals surface area contributed by atoms with Gasteiger partial charge in [0.1, 0.15) is 5.60 Å². The van der Waals surface area contributed by atoms with Gasteiger partial charge in [-0.2, -0.15) is 0 Å². The van der Waals surface area contributed by atoms with Crippen LogP contribution in [0.15, 0.2) is 17.1 Å². The number of hydrogen-bond acceptors (Lipinski definition) is 6. The summed E-state index contributed by atoms with van der Waals surface area (Å²) >= 11 is 0. The summed E-state index contributed by atoms with van der Waals surface area (Å²) in [6, 6.07) is 3.58. The van der Waals surface area contributed by atoms with Crippen LogP contribution in [0.2, 0.25) is 0 Å². The van der Waals surface area contributed by atoms with Gasteiger partial charge in [0.25, 0.3) is 0 Å². The number of hydrogen-bond donors (Lipinski definition) is 2. The molecule has 0 aliphatic rings. The van der Waals surface area contributed by atoms with Gasteiger partial charge in [0.2, 0.25) is 5.75 Å². The molecule has 9 nitrogen and oxygen atoms in total. The van der Waals surface area contributed by atoms with Crippen molar-refractivity contribution in [2.45, 2.75) is 39.7 Å². The Labute approximate surface area is 179 Å². The summed E-state index contributed by atoms with van der Waals surface area (Å²) in [6.45, 7) is 9.20. The molecular formula is C21H36N4O5. The maximum absolute atomic E-state index is 12.4. The maximum Gasteiger partial charge on any atom is 0.410 e. The molecule has 1 aromatic carbocycles. The Morgan fingerprint density at radius 3 is 2.10 bits per heavy atom. The van der Waals surface area contributed by atoms with E-state index < -0.39 is 5.60 Å². The number of amides is 1. The largest absolute Gasteiger partial charge is 0.493 e. The van der Waals surface area contributed by atoms with Crippen LogP contribution in [0.4, 0.5) is 10.5 Å². The lowest BCUT2D eigenvalue weighted by atomic mass is 10.2. The summed E-state index contributed by atoms with van der Waals surface area (Å²) in [5.74, 6) is 2.13. The zero-order chi connectivity index (χ0) is 22.7. The molecule has 1 rings (SSSR count). The fourth-order valence-corrected chi connectivity index (χ4v) is 2.67. The maximum atomic E-state index is 12.4. The van der Waals surface area contributed by atoms with E-state index in [4.69, 9.17) is 18.9 Å². The third-order valence-corrected chi connectivity index (χ3v) is 3.97. The molecule has 0 aliphatic heterocycles. The molecule has 1 amide bonds. The standard InChI is InChI=1S/C21H36N4O5/c1-9-11-25(20(26)30-21(2,3)4)12-10-23-19(22-5)24-15-13-16(27-6)18(29-8)17(14-15)28-7/h13-14H,9-12H2,1-8H3,(H2,22,23,24). The van der Waals surface area contributed by atoms with E-state index in [0.717, 1.165) is 12.1 Å². The van der Waals surface area contributed by atoms with Crippen LogP contribution in [0, 0.1) is 0 Å². The number of methoxy groups -OCH3 is 3. The number of guanidine groups is 1. The summed E-state index contributed by atoms with van der Waals surface area (Å²) in [7, 11) is 6.35. The van der Waals surface area contributed by atoms with Gasteiger partial charge in [0, 0.05) is 44.5 Å². The Morgan fingerprint density at radius 1 is 1.07 bits per heavy atom. The number of carbonyl (C=O) groups excluding carboxylic acids is 1. The number of ether oxygens (including phenoxy) is 4. The second-order valence-electron chi connectivity index (χ2n) is 7.51. The van der Waals surface area contributed by atoms with Crippen LogP contribution in [-0.2, 0) is 4.74 Å². The highest BCUT2D eigenvalue weighted by Gasteiger charge is 2.21. The molecule has 1 aromatic rings. The normalized spacial score (nSPS) is 11.5. The van der Waals surface area contributed by atoms with Crippen LogP contribution in [0.3, 0.4) is 0 Å². The van der Waals surface area contributed by atoms with E-state index in [-0.39, 0.29) is 6.09 Å². The van der Waals surface area contributed by atoms with Crippen molar-refractivity contribution in [2.75, 3.05) is 53.3 Å². The quantitative estimate of drug-likeness (QED) is 0.464. The average Bonchev–Trinajstić information content (AvgIpc) is 2.69. The third-order valence-electron chi connectivity index (χ3n) is 3.97. The first kappa shape index (κ1) is 25.2. The molecular weight excluding hydrogens is 388 g/mol. The summed E-state index contributed by atoms with van der Waals surface area (Å²) in [4.78, 5) is 18.3. The third kappa shape index (κ3) is 7.88. The number of carbonyl (C=O) groups is 1. The number of nitrogens with one attached hydrogen (secondary N) is 2. The topological polar surface area (TPSA) is 93.7 Å². The number of rotatable bonds is 9. The van der Waals surface area contributed by atoms with E-state index in [1.807, 2.05) is 27.7 Å². The van der Waals surface area contributed by atoms with E-state index in [1.165, 1.54) is 0 Å². The molecule has 0 fully saturated rings. The van der Waals surface area contributed by atoms with Gasteiger partial charge in [-0.1, -0.05) is 6.92 Å². The van der Waals surface area contributed by atoms with Crippen LogP contribution in [0.25, 0.3) is 0 Å². The van der Waals surface area contributed by atoms with E-state index >= 15 is 0 Å². The molecule has 30 heavy (non-hydrogen) atoms. The minimum absolute atomic E-state index is 0.321. The highest BCUT2D eigenvalue weighted by atomic mass is 16.6. The van der Waals surface area contributed by atoms with Crippen molar-refractivity contribution >= 4 is 17.7 Å². The lowest BCUT2D eigenvalue weighted by molar-refractivity contribution is 0.0254. The Morgan fingerprint density at radius 2 is 1.67 bits per heavy atom. The van der Waals surface area contributed by atoms with Crippen molar-refractivity contribution < 1.29 is 23.7 Å². The van der Waals surface area contributed by atoms with Crippen molar-refractivity contribution in [3.8, 4) is 17.2 Å². The SMILES string of the molecule is CCCN(CCNC(=NC)Nc1cc(OC)c(OC)c(OC)c1)C(=O)OC(C)(C)C. The van der Waals surface area contributed by atoms with E-state index in [1.54, 1.807) is 45.4 Å². The highest BCUT2D eigenvalue weighted by molar-refractivity contribution is 5.94. The Hall–Kier alpha value is -2.84. The lowest BCUT2D eigenvalue weighted by Crippen LogP contribution is -2.43. The molecule has 170 valence electrons. The molecule has 0 spiro atoms. The van der Waals surface area contributed by atoms with Gasteiger partial charge in [-0.05, 0) is 27.2 Å². The first-order valence-electron chi connectivity index (χ1n) is 9.94. The molecule has 9 heteroatoms. The van der Waals surface area contributed by atoms with Crippen molar-refractivity contribution in [2.24, 2.45) is 4.99 Å². The molecule has 0 aromatic heterocycles. The fraction of sp³-hybridized carbons (Fsp3) is 0.619. The first-order valence-corrected chi connectivity index (χ1v) is 9.94. The molecule has 0 saturated carbocycles. The first-order chi connectivity index (χ1) is 14.2. The highest BCUT2D eigenvalue weighted by Crippen LogP contribution is 2.39. The summed E-state index contributed by atoms with van der Waals surface area (Å²) < 4.78 is 21.6. The van der Waals surface area contributed by atoms with Crippen molar-refractivity contribution in [3.05, 3.63) is 12.1 Å². The Bertz CT molecular complexity index is 691.